The Morgan fingerprint density at radius 1 is 1.50 bits per heavy atom. The summed E-state index contributed by atoms with van der Waals surface area (Å²) in [5.41, 5.74) is 0. The van der Waals surface area contributed by atoms with Gasteiger partial charge in [-0.2, -0.15) is 7.05 Å². The monoisotopic (exact) mass is 213 g/mol. The Balaban J connectivity index is 0. The van der Waals surface area contributed by atoms with Crippen LogP contribution in [0.15, 0.2) is 0 Å². The normalized spacial score (nSPS) is 12.4. The van der Waals surface area contributed by atoms with E-state index < -0.39 is 0 Å². The molecule has 1 unspecified atom stereocenters. The number of aldehydes is 1. The van der Waals surface area contributed by atoms with Gasteiger partial charge in [0.2, 0.25) is 0 Å². The average Bonchev–Trinajstić information content (AvgIpc) is 1.82. The summed E-state index contributed by atoms with van der Waals surface area (Å²) in [5, 5.41) is 3.88. The Kier molecular flexibility index (Phi) is 11.9. The SMILES string of the molecule is C[N-]C(C=O)CC(C)C.[Rb+]. The van der Waals surface area contributed by atoms with E-state index >= 15 is 0 Å². The standard InChI is InChI=1S/C7H14NO.Rb/c1-6(2)4-7(5-9)8-3;/h5-7H,4H2,1-3H3;/q-1;+1. The van der Waals surface area contributed by atoms with Gasteiger partial charge in [0.15, 0.2) is 0 Å². The Labute approximate surface area is 112 Å². The molecule has 0 radical (unpaired) electrons. The third kappa shape index (κ3) is 7.54. The molecule has 0 aliphatic carbocycles. The molecule has 2 nitrogen and oxygen atoms in total. The van der Waals surface area contributed by atoms with E-state index in [-0.39, 0.29) is 64.2 Å². The molecule has 0 aromatic heterocycles. The third-order valence-corrected chi connectivity index (χ3v) is 1.20. The predicted molar refractivity (Wildman–Crippen MR) is 38.6 cm³/mol. The molecule has 0 amide bonds. The predicted octanol–water partition coefficient (Wildman–Crippen LogP) is -1.39. The molecule has 3 heteroatoms. The summed E-state index contributed by atoms with van der Waals surface area (Å²) in [4.78, 5) is 10.2. The molecule has 0 aromatic carbocycles. The largest absolute Gasteiger partial charge is 1.00 e. The summed E-state index contributed by atoms with van der Waals surface area (Å²) in [6, 6.07) is -0.0787. The topological polar surface area (TPSA) is 31.2 Å². The maximum atomic E-state index is 10.2. The van der Waals surface area contributed by atoms with E-state index in [9.17, 15) is 4.79 Å². The fraction of sp³-hybridized carbons (Fsp3) is 0.857. The number of carbonyl (C=O) groups excluding carboxylic acids is 1. The summed E-state index contributed by atoms with van der Waals surface area (Å²) in [6.07, 6.45) is 1.78. The second kappa shape index (κ2) is 8.53. The van der Waals surface area contributed by atoms with Crippen molar-refractivity contribution in [2.45, 2.75) is 26.3 Å². The Hall–Kier alpha value is 1.44. The second-order valence-electron chi connectivity index (χ2n) is 2.59. The Bertz CT molecular complexity index is 85.7. The zero-order valence-corrected chi connectivity index (χ0v) is 12.2. The molecule has 10 heavy (non-hydrogen) atoms. The van der Waals surface area contributed by atoms with E-state index in [1.165, 1.54) is 0 Å². The van der Waals surface area contributed by atoms with Crippen LogP contribution in [0.25, 0.3) is 5.32 Å². The molecule has 0 heterocycles. The zero-order valence-electron chi connectivity index (χ0n) is 7.29. The second-order valence-corrected chi connectivity index (χ2v) is 2.59. The van der Waals surface area contributed by atoms with Crippen molar-refractivity contribution in [1.29, 1.82) is 0 Å². The van der Waals surface area contributed by atoms with Crippen molar-refractivity contribution >= 4 is 6.29 Å². The van der Waals surface area contributed by atoms with Crippen molar-refractivity contribution in [3.05, 3.63) is 5.32 Å². The minimum atomic E-state index is -0.0787. The van der Waals surface area contributed by atoms with Crippen LogP contribution in [0, 0.1) is 5.92 Å². The van der Waals surface area contributed by atoms with Gasteiger partial charge in [-0.15, -0.1) is 0 Å². The number of rotatable bonds is 4. The third-order valence-electron chi connectivity index (χ3n) is 1.20. The van der Waals surface area contributed by atoms with E-state index in [4.69, 9.17) is 0 Å². The van der Waals surface area contributed by atoms with E-state index in [1.807, 2.05) is 0 Å². The van der Waals surface area contributed by atoms with Crippen molar-refractivity contribution in [3.63, 3.8) is 0 Å². The molecule has 0 spiro atoms. The summed E-state index contributed by atoms with van der Waals surface area (Å²) in [5.74, 6) is 0.559. The summed E-state index contributed by atoms with van der Waals surface area (Å²) in [6.45, 7) is 4.17. The molecule has 54 valence electrons. The van der Waals surface area contributed by atoms with Crippen molar-refractivity contribution in [2.75, 3.05) is 7.05 Å². The smallest absolute Gasteiger partial charge is 0.656 e. The first-order valence-corrected chi connectivity index (χ1v) is 3.25. The van der Waals surface area contributed by atoms with E-state index in [2.05, 4.69) is 19.2 Å². The van der Waals surface area contributed by atoms with Crippen LogP contribution in [0.1, 0.15) is 20.3 Å². The van der Waals surface area contributed by atoms with Crippen LogP contribution < -0.4 is 58.2 Å². The van der Waals surface area contributed by atoms with Gasteiger partial charge in [0.05, 0.1) is 0 Å². The van der Waals surface area contributed by atoms with Gasteiger partial charge in [-0.1, -0.05) is 26.3 Å². The maximum absolute atomic E-state index is 10.2. The van der Waals surface area contributed by atoms with Crippen LogP contribution in [-0.2, 0) is 4.79 Å². The molecular weight excluding hydrogens is 200 g/mol. The van der Waals surface area contributed by atoms with E-state index in [1.54, 1.807) is 7.05 Å². The Morgan fingerprint density at radius 2 is 2.00 bits per heavy atom. The molecule has 0 rings (SSSR count). The van der Waals surface area contributed by atoms with Gasteiger partial charge in [0.1, 0.15) is 6.29 Å². The zero-order chi connectivity index (χ0) is 7.28. The Morgan fingerprint density at radius 3 is 2.10 bits per heavy atom. The minimum absolute atomic E-state index is 0. The first kappa shape index (κ1) is 14.0. The number of likely N-dealkylation sites (N-methyl/N-ethyl adjacent to an activating group) is 1. The minimum Gasteiger partial charge on any atom is -0.656 e. The van der Waals surface area contributed by atoms with Gasteiger partial charge in [0, 0.05) is 0 Å². The fourth-order valence-electron chi connectivity index (χ4n) is 0.705. The van der Waals surface area contributed by atoms with Crippen molar-refractivity contribution in [1.82, 2.24) is 0 Å². The van der Waals surface area contributed by atoms with Crippen molar-refractivity contribution < 1.29 is 63.0 Å². The van der Waals surface area contributed by atoms with Crippen LogP contribution in [0.5, 0.6) is 0 Å². The molecule has 0 aromatic rings. The molecule has 0 bridgehead atoms. The molecular formula is C7H14NORb. The number of hydrogen-bond donors (Lipinski definition) is 0. The molecule has 0 fully saturated rings. The van der Waals surface area contributed by atoms with Gasteiger partial charge in [-0.25, -0.2) is 0 Å². The molecule has 0 saturated carbocycles. The number of hydrogen-bond acceptors (Lipinski definition) is 1. The van der Waals surface area contributed by atoms with Gasteiger partial charge in [-0.3, -0.25) is 0 Å². The van der Waals surface area contributed by atoms with Gasteiger partial charge in [-0.05, 0) is 5.92 Å². The van der Waals surface area contributed by atoms with Gasteiger partial charge >= 0.3 is 58.2 Å². The van der Waals surface area contributed by atoms with Crippen molar-refractivity contribution in [2.24, 2.45) is 5.92 Å². The number of carbonyl (C=O) groups is 1. The van der Waals surface area contributed by atoms with E-state index in [0.29, 0.717) is 5.92 Å². The quantitative estimate of drug-likeness (QED) is 0.529. The molecule has 0 N–H and O–H groups in total. The van der Waals surface area contributed by atoms with Crippen molar-refractivity contribution in [3.8, 4) is 0 Å². The van der Waals surface area contributed by atoms with Crippen LogP contribution in [0.4, 0.5) is 0 Å². The summed E-state index contributed by atoms with van der Waals surface area (Å²) < 4.78 is 0. The van der Waals surface area contributed by atoms with Crippen LogP contribution in [0.3, 0.4) is 0 Å². The fourth-order valence-corrected chi connectivity index (χ4v) is 0.705. The van der Waals surface area contributed by atoms with Crippen LogP contribution >= 0.6 is 0 Å². The first-order chi connectivity index (χ1) is 4.20. The van der Waals surface area contributed by atoms with Gasteiger partial charge < -0.3 is 10.1 Å². The summed E-state index contributed by atoms with van der Waals surface area (Å²) >= 11 is 0. The van der Waals surface area contributed by atoms with E-state index in [0.717, 1.165) is 12.7 Å². The molecule has 0 aliphatic heterocycles. The summed E-state index contributed by atoms with van der Waals surface area (Å²) in [7, 11) is 1.68. The first-order valence-electron chi connectivity index (χ1n) is 3.25. The van der Waals surface area contributed by atoms with Crippen LogP contribution in [0.2, 0.25) is 0 Å². The maximum Gasteiger partial charge on any atom is 1.00 e. The van der Waals surface area contributed by atoms with Crippen LogP contribution in [-0.4, -0.2) is 19.4 Å². The molecule has 0 aliphatic rings. The molecule has 0 saturated heterocycles. The van der Waals surface area contributed by atoms with Gasteiger partial charge in [0.25, 0.3) is 0 Å². The average molecular weight is 214 g/mol. The molecule has 1 atom stereocenters. The number of nitrogens with zero attached hydrogens (tertiary/aromatic N) is 1.